The molecular formula is C13H13BrN2OS. The SMILES string of the molecule is CC(Sc1cnn(C)c1)C(=O)c1ccc(Br)cc1. The lowest BCUT2D eigenvalue weighted by atomic mass is 10.1. The van der Waals surface area contributed by atoms with Crippen LogP contribution in [0, 0.1) is 0 Å². The number of rotatable bonds is 4. The molecule has 2 aromatic rings. The summed E-state index contributed by atoms with van der Waals surface area (Å²) in [5.74, 6) is 0.136. The third kappa shape index (κ3) is 3.23. The second-order valence-corrected chi connectivity index (χ2v) is 6.31. The molecule has 0 aliphatic carbocycles. The van der Waals surface area contributed by atoms with Gasteiger partial charge in [-0.15, -0.1) is 11.8 Å². The Bertz CT molecular complexity index is 550. The monoisotopic (exact) mass is 324 g/mol. The van der Waals surface area contributed by atoms with E-state index in [2.05, 4.69) is 21.0 Å². The summed E-state index contributed by atoms with van der Waals surface area (Å²) >= 11 is 4.89. The van der Waals surface area contributed by atoms with E-state index in [-0.39, 0.29) is 11.0 Å². The van der Waals surface area contributed by atoms with Crippen molar-refractivity contribution < 1.29 is 4.79 Å². The van der Waals surface area contributed by atoms with Gasteiger partial charge in [-0.2, -0.15) is 5.10 Å². The Morgan fingerprint density at radius 1 is 1.39 bits per heavy atom. The fourth-order valence-electron chi connectivity index (χ4n) is 1.57. The lowest BCUT2D eigenvalue weighted by Gasteiger charge is -2.08. The van der Waals surface area contributed by atoms with Crippen molar-refractivity contribution in [2.24, 2.45) is 7.05 Å². The molecule has 3 nitrogen and oxygen atoms in total. The molecule has 1 heterocycles. The lowest BCUT2D eigenvalue weighted by Crippen LogP contribution is -2.13. The largest absolute Gasteiger partial charge is 0.293 e. The van der Waals surface area contributed by atoms with Crippen molar-refractivity contribution in [3.05, 3.63) is 46.7 Å². The Labute approximate surface area is 119 Å². The summed E-state index contributed by atoms with van der Waals surface area (Å²) in [5, 5.41) is 3.98. The van der Waals surface area contributed by atoms with Crippen molar-refractivity contribution >= 4 is 33.5 Å². The van der Waals surface area contributed by atoms with Crippen molar-refractivity contribution in [2.75, 3.05) is 0 Å². The predicted octanol–water partition coefficient (Wildman–Crippen LogP) is 3.55. The number of hydrogen-bond acceptors (Lipinski definition) is 3. The molecule has 0 saturated carbocycles. The van der Waals surface area contributed by atoms with Crippen LogP contribution in [-0.2, 0) is 7.05 Å². The summed E-state index contributed by atoms with van der Waals surface area (Å²) in [6.07, 6.45) is 3.69. The smallest absolute Gasteiger partial charge is 0.175 e. The Morgan fingerprint density at radius 2 is 2.06 bits per heavy atom. The van der Waals surface area contributed by atoms with Gasteiger partial charge in [-0.05, 0) is 19.1 Å². The fraction of sp³-hybridized carbons (Fsp3) is 0.231. The summed E-state index contributed by atoms with van der Waals surface area (Å²) in [6, 6.07) is 7.45. The van der Waals surface area contributed by atoms with E-state index < -0.39 is 0 Å². The molecule has 5 heteroatoms. The van der Waals surface area contributed by atoms with Gasteiger partial charge in [0.15, 0.2) is 5.78 Å². The molecule has 0 bridgehead atoms. The molecular weight excluding hydrogens is 312 g/mol. The highest BCUT2D eigenvalue weighted by Gasteiger charge is 2.16. The molecule has 0 aliphatic rings. The van der Waals surface area contributed by atoms with Crippen LogP contribution in [0.3, 0.4) is 0 Å². The molecule has 0 aliphatic heterocycles. The number of benzene rings is 1. The van der Waals surface area contributed by atoms with Gasteiger partial charge in [-0.1, -0.05) is 28.1 Å². The number of halogens is 1. The van der Waals surface area contributed by atoms with Crippen molar-refractivity contribution in [1.29, 1.82) is 0 Å². The van der Waals surface area contributed by atoms with Gasteiger partial charge in [0.25, 0.3) is 0 Å². The number of thioether (sulfide) groups is 1. The highest BCUT2D eigenvalue weighted by atomic mass is 79.9. The molecule has 2 rings (SSSR count). The standard InChI is InChI=1S/C13H13BrN2OS/c1-9(18-12-7-15-16(2)8-12)13(17)10-3-5-11(14)6-4-10/h3-9H,1-2H3. The first-order chi connectivity index (χ1) is 8.56. The van der Waals surface area contributed by atoms with E-state index in [0.29, 0.717) is 0 Å². The molecule has 0 radical (unpaired) electrons. The fourth-order valence-corrected chi connectivity index (χ4v) is 2.80. The van der Waals surface area contributed by atoms with Gasteiger partial charge < -0.3 is 0 Å². The summed E-state index contributed by atoms with van der Waals surface area (Å²) in [7, 11) is 1.87. The molecule has 1 aromatic heterocycles. The summed E-state index contributed by atoms with van der Waals surface area (Å²) in [6.45, 7) is 1.92. The van der Waals surface area contributed by atoms with E-state index in [1.54, 1.807) is 10.9 Å². The van der Waals surface area contributed by atoms with E-state index in [1.807, 2.05) is 44.4 Å². The average molecular weight is 325 g/mol. The molecule has 0 fully saturated rings. The highest BCUT2D eigenvalue weighted by Crippen LogP contribution is 2.25. The van der Waals surface area contributed by atoms with Gasteiger partial charge in [0.2, 0.25) is 0 Å². The molecule has 1 unspecified atom stereocenters. The van der Waals surface area contributed by atoms with Gasteiger partial charge in [0.1, 0.15) is 0 Å². The molecule has 94 valence electrons. The second kappa shape index (κ2) is 5.71. The van der Waals surface area contributed by atoms with Gasteiger partial charge in [0, 0.05) is 28.2 Å². The van der Waals surface area contributed by atoms with Crippen LogP contribution in [0.4, 0.5) is 0 Å². The zero-order valence-corrected chi connectivity index (χ0v) is 12.5. The first-order valence-corrected chi connectivity index (χ1v) is 7.18. The van der Waals surface area contributed by atoms with Gasteiger partial charge in [-0.25, -0.2) is 0 Å². The van der Waals surface area contributed by atoms with Crippen LogP contribution in [0.15, 0.2) is 46.0 Å². The second-order valence-electron chi connectivity index (χ2n) is 3.98. The number of ketones is 1. The summed E-state index contributed by atoms with van der Waals surface area (Å²) in [5.41, 5.74) is 0.738. The molecule has 18 heavy (non-hydrogen) atoms. The van der Waals surface area contributed by atoms with E-state index in [0.717, 1.165) is 14.9 Å². The van der Waals surface area contributed by atoms with Crippen LogP contribution in [0.2, 0.25) is 0 Å². The Kier molecular flexibility index (Phi) is 4.24. The van der Waals surface area contributed by atoms with Gasteiger partial charge in [0.05, 0.1) is 11.4 Å². The van der Waals surface area contributed by atoms with Crippen molar-refractivity contribution in [3.8, 4) is 0 Å². The number of carbonyl (C=O) groups is 1. The molecule has 1 atom stereocenters. The van der Waals surface area contributed by atoms with E-state index in [4.69, 9.17) is 0 Å². The number of aromatic nitrogens is 2. The molecule has 0 saturated heterocycles. The maximum atomic E-state index is 12.2. The third-order valence-electron chi connectivity index (χ3n) is 2.49. The first kappa shape index (κ1) is 13.4. The van der Waals surface area contributed by atoms with Crippen LogP contribution in [-0.4, -0.2) is 20.8 Å². The average Bonchev–Trinajstić information content (AvgIpc) is 2.75. The predicted molar refractivity (Wildman–Crippen MR) is 77.0 cm³/mol. The maximum Gasteiger partial charge on any atom is 0.175 e. The van der Waals surface area contributed by atoms with Crippen molar-refractivity contribution in [3.63, 3.8) is 0 Å². The first-order valence-electron chi connectivity index (χ1n) is 5.51. The van der Waals surface area contributed by atoms with E-state index in [1.165, 1.54) is 11.8 Å². The van der Waals surface area contributed by atoms with Crippen LogP contribution < -0.4 is 0 Å². The molecule has 1 aromatic carbocycles. The van der Waals surface area contributed by atoms with Crippen LogP contribution >= 0.6 is 27.7 Å². The Morgan fingerprint density at radius 3 is 2.61 bits per heavy atom. The Balaban J connectivity index is 2.07. The minimum absolute atomic E-state index is 0.115. The topological polar surface area (TPSA) is 34.9 Å². The van der Waals surface area contributed by atoms with E-state index >= 15 is 0 Å². The van der Waals surface area contributed by atoms with Crippen LogP contribution in [0.1, 0.15) is 17.3 Å². The maximum absolute atomic E-state index is 12.2. The van der Waals surface area contributed by atoms with Crippen molar-refractivity contribution in [1.82, 2.24) is 9.78 Å². The zero-order valence-electron chi connectivity index (χ0n) is 10.1. The van der Waals surface area contributed by atoms with Crippen LogP contribution in [0.25, 0.3) is 0 Å². The minimum Gasteiger partial charge on any atom is -0.293 e. The van der Waals surface area contributed by atoms with Gasteiger partial charge >= 0.3 is 0 Å². The number of aryl methyl sites for hydroxylation is 1. The number of Topliss-reactive ketones (excluding diaryl/α,β-unsaturated/α-hetero) is 1. The zero-order chi connectivity index (χ0) is 13.1. The number of hydrogen-bond donors (Lipinski definition) is 0. The highest BCUT2D eigenvalue weighted by molar-refractivity contribution is 9.10. The normalized spacial score (nSPS) is 12.4. The van der Waals surface area contributed by atoms with E-state index in [9.17, 15) is 4.79 Å². The minimum atomic E-state index is -0.115. The molecule has 0 amide bonds. The van der Waals surface area contributed by atoms with Crippen LogP contribution in [0.5, 0.6) is 0 Å². The lowest BCUT2D eigenvalue weighted by molar-refractivity contribution is 0.0994. The number of nitrogens with zero attached hydrogens (tertiary/aromatic N) is 2. The molecule has 0 spiro atoms. The molecule has 0 N–H and O–H groups in total. The number of carbonyl (C=O) groups excluding carboxylic acids is 1. The summed E-state index contributed by atoms with van der Waals surface area (Å²) in [4.78, 5) is 13.2. The Hall–Kier alpha value is -1.07. The summed E-state index contributed by atoms with van der Waals surface area (Å²) < 4.78 is 2.71. The third-order valence-corrected chi connectivity index (χ3v) is 4.07. The van der Waals surface area contributed by atoms with Gasteiger partial charge in [-0.3, -0.25) is 9.48 Å². The quantitative estimate of drug-likeness (QED) is 0.637. The van der Waals surface area contributed by atoms with Crippen molar-refractivity contribution in [2.45, 2.75) is 17.1 Å².